The standard InChI is InChI=1S/C13H10BrClN2O2/c14-11-4-2-1-3-9(11)8-16-13-6-5-10(17(18)19)7-12(13)15/h1-7,16H,8H2. The molecule has 0 saturated carbocycles. The summed E-state index contributed by atoms with van der Waals surface area (Å²) in [7, 11) is 0. The molecular formula is C13H10BrClN2O2. The van der Waals surface area contributed by atoms with E-state index in [2.05, 4.69) is 21.2 Å². The summed E-state index contributed by atoms with van der Waals surface area (Å²) >= 11 is 9.46. The summed E-state index contributed by atoms with van der Waals surface area (Å²) in [4.78, 5) is 10.1. The zero-order valence-corrected chi connectivity index (χ0v) is 12.1. The summed E-state index contributed by atoms with van der Waals surface area (Å²) in [5.41, 5.74) is 1.73. The molecule has 6 heteroatoms. The number of benzene rings is 2. The normalized spacial score (nSPS) is 10.2. The number of hydrogen-bond acceptors (Lipinski definition) is 3. The van der Waals surface area contributed by atoms with Crippen molar-refractivity contribution in [2.75, 3.05) is 5.32 Å². The molecule has 0 aliphatic rings. The highest BCUT2D eigenvalue weighted by atomic mass is 79.9. The van der Waals surface area contributed by atoms with Gasteiger partial charge in [-0.15, -0.1) is 0 Å². The second-order valence-electron chi connectivity index (χ2n) is 3.87. The van der Waals surface area contributed by atoms with Crippen LogP contribution in [0, 0.1) is 10.1 Å². The summed E-state index contributed by atoms with van der Waals surface area (Å²) in [6.07, 6.45) is 0. The third-order valence-electron chi connectivity index (χ3n) is 2.59. The van der Waals surface area contributed by atoms with Crippen LogP contribution in [-0.4, -0.2) is 4.92 Å². The Labute approximate surface area is 123 Å². The summed E-state index contributed by atoms with van der Waals surface area (Å²) in [5.74, 6) is 0. The molecule has 2 aromatic carbocycles. The van der Waals surface area contributed by atoms with E-state index in [0.29, 0.717) is 17.3 Å². The summed E-state index contributed by atoms with van der Waals surface area (Å²) < 4.78 is 1.00. The predicted octanol–water partition coefficient (Wildman–Crippen LogP) is 4.62. The van der Waals surface area contributed by atoms with E-state index < -0.39 is 4.92 Å². The third-order valence-corrected chi connectivity index (χ3v) is 3.68. The molecule has 4 nitrogen and oxygen atoms in total. The van der Waals surface area contributed by atoms with E-state index in [4.69, 9.17) is 11.6 Å². The first-order valence-corrected chi connectivity index (χ1v) is 6.66. The minimum atomic E-state index is -0.469. The van der Waals surface area contributed by atoms with Crippen molar-refractivity contribution in [3.8, 4) is 0 Å². The number of rotatable bonds is 4. The predicted molar refractivity (Wildman–Crippen MR) is 79.6 cm³/mol. The van der Waals surface area contributed by atoms with Crippen molar-refractivity contribution in [1.82, 2.24) is 0 Å². The topological polar surface area (TPSA) is 55.2 Å². The van der Waals surface area contributed by atoms with Crippen LogP contribution in [-0.2, 0) is 6.54 Å². The minimum absolute atomic E-state index is 0.0172. The Hall–Kier alpha value is -1.59. The van der Waals surface area contributed by atoms with E-state index >= 15 is 0 Å². The van der Waals surface area contributed by atoms with Crippen LogP contribution in [0.4, 0.5) is 11.4 Å². The first kappa shape index (κ1) is 13.8. The fraction of sp³-hybridized carbons (Fsp3) is 0.0769. The number of hydrogen-bond donors (Lipinski definition) is 1. The van der Waals surface area contributed by atoms with Crippen LogP contribution in [0.5, 0.6) is 0 Å². The molecule has 0 aliphatic carbocycles. The van der Waals surface area contributed by atoms with Crippen molar-refractivity contribution in [2.45, 2.75) is 6.54 Å². The minimum Gasteiger partial charge on any atom is -0.380 e. The van der Waals surface area contributed by atoms with Crippen LogP contribution in [0.2, 0.25) is 5.02 Å². The largest absolute Gasteiger partial charge is 0.380 e. The SMILES string of the molecule is O=[N+]([O-])c1ccc(NCc2ccccc2Br)c(Cl)c1. The van der Waals surface area contributed by atoms with Crippen LogP contribution >= 0.6 is 27.5 Å². The fourth-order valence-corrected chi connectivity index (χ4v) is 2.26. The quantitative estimate of drug-likeness (QED) is 0.652. The van der Waals surface area contributed by atoms with Gasteiger partial charge >= 0.3 is 0 Å². The van der Waals surface area contributed by atoms with Crippen molar-refractivity contribution in [3.05, 3.63) is 67.6 Å². The number of anilines is 1. The molecule has 1 N–H and O–H groups in total. The Morgan fingerprint density at radius 2 is 2.00 bits per heavy atom. The van der Waals surface area contributed by atoms with Crippen molar-refractivity contribution >= 4 is 38.9 Å². The van der Waals surface area contributed by atoms with E-state index in [1.807, 2.05) is 24.3 Å². The Kier molecular flexibility index (Phi) is 4.39. The summed E-state index contributed by atoms with van der Waals surface area (Å²) in [6.45, 7) is 0.582. The number of nitrogens with zero attached hydrogens (tertiary/aromatic N) is 1. The molecule has 0 unspecified atom stereocenters. The van der Waals surface area contributed by atoms with Crippen molar-refractivity contribution in [2.24, 2.45) is 0 Å². The maximum Gasteiger partial charge on any atom is 0.271 e. The van der Waals surface area contributed by atoms with Gasteiger partial charge in [0.15, 0.2) is 0 Å². The Morgan fingerprint density at radius 3 is 2.63 bits per heavy atom. The average Bonchev–Trinajstić information content (AvgIpc) is 2.39. The molecule has 2 aromatic rings. The lowest BCUT2D eigenvalue weighted by Gasteiger charge is -2.09. The van der Waals surface area contributed by atoms with Gasteiger partial charge in [0.05, 0.1) is 15.6 Å². The van der Waals surface area contributed by atoms with Gasteiger partial charge in [0.25, 0.3) is 5.69 Å². The fourth-order valence-electron chi connectivity index (χ4n) is 1.59. The first-order chi connectivity index (χ1) is 9.08. The maximum atomic E-state index is 10.6. The molecular weight excluding hydrogens is 332 g/mol. The number of nitro benzene ring substituents is 1. The number of halogens is 2. The van der Waals surface area contributed by atoms with E-state index in [0.717, 1.165) is 10.0 Å². The molecule has 19 heavy (non-hydrogen) atoms. The molecule has 0 bridgehead atoms. The molecule has 0 fully saturated rings. The van der Waals surface area contributed by atoms with Crippen molar-refractivity contribution in [3.63, 3.8) is 0 Å². The molecule has 0 aliphatic heterocycles. The van der Waals surface area contributed by atoms with Gasteiger partial charge in [0.2, 0.25) is 0 Å². The van der Waals surface area contributed by atoms with Crippen LogP contribution in [0.1, 0.15) is 5.56 Å². The van der Waals surface area contributed by atoms with Gasteiger partial charge in [0, 0.05) is 23.2 Å². The van der Waals surface area contributed by atoms with E-state index in [1.54, 1.807) is 6.07 Å². The zero-order chi connectivity index (χ0) is 13.8. The van der Waals surface area contributed by atoms with Gasteiger partial charge in [-0.3, -0.25) is 10.1 Å². The molecule has 0 amide bonds. The lowest BCUT2D eigenvalue weighted by molar-refractivity contribution is -0.384. The Bertz CT molecular complexity index is 619. The van der Waals surface area contributed by atoms with Gasteiger partial charge < -0.3 is 5.32 Å². The van der Waals surface area contributed by atoms with Gasteiger partial charge in [-0.25, -0.2) is 0 Å². The second-order valence-corrected chi connectivity index (χ2v) is 5.13. The Balaban J connectivity index is 2.12. The van der Waals surface area contributed by atoms with Crippen LogP contribution in [0.15, 0.2) is 46.9 Å². The number of nitro groups is 1. The van der Waals surface area contributed by atoms with Crippen LogP contribution in [0.25, 0.3) is 0 Å². The second kappa shape index (κ2) is 6.04. The van der Waals surface area contributed by atoms with Crippen LogP contribution < -0.4 is 5.32 Å². The van der Waals surface area contributed by atoms with E-state index in [-0.39, 0.29) is 5.69 Å². The molecule has 2 rings (SSSR count). The highest BCUT2D eigenvalue weighted by Gasteiger charge is 2.09. The van der Waals surface area contributed by atoms with E-state index in [9.17, 15) is 10.1 Å². The monoisotopic (exact) mass is 340 g/mol. The molecule has 0 saturated heterocycles. The van der Waals surface area contributed by atoms with Crippen LogP contribution in [0.3, 0.4) is 0 Å². The molecule has 0 aromatic heterocycles. The zero-order valence-electron chi connectivity index (χ0n) is 9.77. The number of non-ortho nitro benzene ring substituents is 1. The average molecular weight is 342 g/mol. The highest BCUT2D eigenvalue weighted by molar-refractivity contribution is 9.10. The highest BCUT2D eigenvalue weighted by Crippen LogP contribution is 2.27. The molecule has 0 heterocycles. The maximum absolute atomic E-state index is 10.6. The summed E-state index contributed by atoms with van der Waals surface area (Å²) in [6, 6.07) is 12.2. The van der Waals surface area contributed by atoms with Gasteiger partial charge in [-0.1, -0.05) is 45.7 Å². The van der Waals surface area contributed by atoms with Gasteiger partial charge in [-0.2, -0.15) is 0 Å². The van der Waals surface area contributed by atoms with Crippen molar-refractivity contribution in [1.29, 1.82) is 0 Å². The molecule has 98 valence electrons. The first-order valence-electron chi connectivity index (χ1n) is 5.49. The van der Waals surface area contributed by atoms with E-state index in [1.165, 1.54) is 12.1 Å². The summed E-state index contributed by atoms with van der Waals surface area (Å²) in [5, 5.41) is 14.1. The Morgan fingerprint density at radius 1 is 1.26 bits per heavy atom. The van der Waals surface area contributed by atoms with Gasteiger partial charge in [-0.05, 0) is 17.7 Å². The van der Waals surface area contributed by atoms with Gasteiger partial charge in [0.1, 0.15) is 0 Å². The smallest absolute Gasteiger partial charge is 0.271 e. The molecule has 0 atom stereocenters. The lowest BCUT2D eigenvalue weighted by Crippen LogP contribution is -2.01. The third kappa shape index (κ3) is 3.45. The number of nitrogens with one attached hydrogen (secondary N) is 1. The van der Waals surface area contributed by atoms with Crippen molar-refractivity contribution < 1.29 is 4.92 Å². The lowest BCUT2D eigenvalue weighted by atomic mass is 10.2. The molecule has 0 radical (unpaired) electrons. The molecule has 0 spiro atoms.